The minimum atomic E-state index is -4.75. The van der Waals surface area contributed by atoms with E-state index in [1.54, 1.807) is 6.92 Å². The monoisotopic (exact) mass is 376 g/mol. The van der Waals surface area contributed by atoms with Crippen molar-refractivity contribution in [3.8, 4) is 0 Å². The maximum atomic E-state index is 12.8. The molecule has 0 unspecified atom stereocenters. The zero-order valence-electron chi connectivity index (χ0n) is 13.9. The van der Waals surface area contributed by atoms with Gasteiger partial charge in [-0.2, -0.15) is 13.2 Å². The standard InChI is InChI=1S/C18H11F3N2O4/c1-2-22-14(24)8-3-5-10-13-11(6-4-9(12(8)13)15(22)25)17(27)23(16(10)26)7-18(19,20)21/h3-6H,2,7H2,1H3. The Bertz CT molecular complexity index is 1000. The van der Waals surface area contributed by atoms with Crippen LogP contribution in [0.1, 0.15) is 48.4 Å². The predicted octanol–water partition coefficient (Wildman–Crippen LogP) is 2.61. The number of benzene rings is 2. The molecule has 0 N–H and O–H groups in total. The minimum absolute atomic E-state index is 0.0517. The van der Waals surface area contributed by atoms with E-state index < -0.39 is 36.3 Å². The van der Waals surface area contributed by atoms with E-state index in [9.17, 15) is 32.3 Å². The van der Waals surface area contributed by atoms with Crippen molar-refractivity contribution in [1.29, 1.82) is 0 Å². The number of alkyl halides is 3. The van der Waals surface area contributed by atoms with E-state index in [2.05, 4.69) is 0 Å². The van der Waals surface area contributed by atoms with Gasteiger partial charge in [0.05, 0.1) is 0 Å². The molecule has 0 aliphatic carbocycles. The molecule has 0 aromatic heterocycles. The van der Waals surface area contributed by atoms with Crippen LogP contribution >= 0.6 is 0 Å². The molecule has 0 bridgehead atoms. The quantitative estimate of drug-likeness (QED) is 0.756. The average molecular weight is 376 g/mol. The predicted molar refractivity (Wildman–Crippen MR) is 86.4 cm³/mol. The highest BCUT2D eigenvalue weighted by Gasteiger charge is 2.43. The largest absolute Gasteiger partial charge is 0.406 e. The first-order valence-electron chi connectivity index (χ1n) is 8.04. The topological polar surface area (TPSA) is 74.8 Å². The van der Waals surface area contributed by atoms with Crippen molar-refractivity contribution in [2.24, 2.45) is 0 Å². The Hall–Kier alpha value is -3.23. The number of imide groups is 2. The summed E-state index contributed by atoms with van der Waals surface area (Å²) in [6.45, 7) is 0.0574. The molecule has 0 fully saturated rings. The normalized spacial score (nSPS) is 16.6. The molecule has 4 amide bonds. The second kappa shape index (κ2) is 5.38. The molecule has 0 atom stereocenters. The van der Waals surface area contributed by atoms with Crippen LogP contribution in [-0.4, -0.2) is 52.7 Å². The number of amides is 4. The van der Waals surface area contributed by atoms with Crippen LogP contribution in [0.5, 0.6) is 0 Å². The van der Waals surface area contributed by atoms with Gasteiger partial charge in [-0.05, 0) is 31.2 Å². The van der Waals surface area contributed by atoms with Crippen LogP contribution in [-0.2, 0) is 0 Å². The molecule has 0 saturated heterocycles. The molecule has 2 aliphatic heterocycles. The maximum absolute atomic E-state index is 12.8. The van der Waals surface area contributed by atoms with Crippen molar-refractivity contribution < 1.29 is 32.3 Å². The minimum Gasteiger partial charge on any atom is -0.275 e. The molecule has 27 heavy (non-hydrogen) atoms. The molecule has 9 heteroatoms. The Kier molecular flexibility index (Phi) is 3.43. The summed E-state index contributed by atoms with van der Waals surface area (Å²) in [6, 6.07) is 5.07. The van der Waals surface area contributed by atoms with E-state index in [0.29, 0.717) is 0 Å². The lowest BCUT2D eigenvalue weighted by atomic mass is 9.86. The summed E-state index contributed by atoms with van der Waals surface area (Å²) in [5.41, 5.74) is -0.00570. The third-order valence-electron chi connectivity index (χ3n) is 4.72. The summed E-state index contributed by atoms with van der Waals surface area (Å²) in [5.74, 6) is -3.36. The van der Waals surface area contributed by atoms with Gasteiger partial charge in [0.2, 0.25) is 0 Å². The van der Waals surface area contributed by atoms with Crippen LogP contribution < -0.4 is 0 Å². The Morgan fingerprint density at radius 3 is 1.33 bits per heavy atom. The highest BCUT2D eigenvalue weighted by atomic mass is 19.4. The summed E-state index contributed by atoms with van der Waals surface area (Å²) < 4.78 is 38.4. The van der Waals surface area contributed by atoms with Gasteiger partial charge in [-0.25, -0.2) is 0 Å². The number of hydrogen-bond acceptors (Lipinski definition) is 4. The van der Waals surface area contributed by atoms with Gasteiger partial charge in [0.15, 0.2) is 0 Å². The summed E-state index contributed by atoms with van der Waals surface area (Å²) in [4.78, 5) is 51.3. The first-order valence-corrected chi connectivity index (χ1v) is 8.04. The third kappa shape index (κ3) is 2.27. The number of halogens is 3. The lowest BCUT2D eigenvalue weighted by Gasteiger charge is -2.31. The Labute approximate surface area is 150 Å². The SMILES string of the molecule is CCN1C(=O)c2ccc3c4c(ccc(c24)C1=O)C(=O)N(CC(F)(F)F)C3=O. The lowest BCUT2D eigenvalue weighted by Crippen LogP contribution is -2.46. The third-order valence-corrected chi connectivity index (χ3v) is 4.72. The van der Waals surface area contributed by atoms with Gasteiger partial charge in [0, 0.05) is 39.6 Å². The van der Waals surface area contributed by atoms with Crippen molar-refractivity contribution in [1.82, 2.24) is 9.80 Å². The fourth-order valence-corrected chi connectivity index (χ4v) is 3.58. The second-order valence-corrected chi connectivity index (χ2v) is 6.24. The van der Waals surface area contributed by atoms with Gasteiger partial charge in [-0.3, -0.25) is 29.0 Å². The number of carbonyl (C=O) groups is 4. The van der Waals surface area contributed by atoms with Crippen LogP contribution in [0.3, 0.4) is 0 Å². The molecule has 0 spiro atoms. The first kappa shape index (κ1) is 17.2. The van der Waals surface area contributed by atoms with Gasteiger partial charge in [0.1, 0.15) is 6.54 Å². The number of carbonyl (C=O) groups excluding carboxylic acids is 4. The molecule has 2 aliphatic rings. The van der Waals surface area contributed by atoms with Crippen LogP contribution in [0.15, 0.2) is 24.3 Å². The van der Waals surface area contributed by atoms with Gasteiger partial charge in [-0.15, -0.1) is 0 Å². The molecule has 0 saturated carbocycles. The molecular weight excluding hydrogens is 365 g/mol. The van der Waals surface area contributed by atoms with E-state index in [1.807, 2.05) is 0 Å². The number of nitrogens with zero attached hydrogens (tertiary/aromatic N) is 2. The Balaban J connectivity index is 2.01. The zero-order chi connectivity index (χ0) is 19.7. The van der Waals surface area contributed by atoms with E-state index >= 15 is 0 Å². The van der Waals surface area contributed by atoms with E-state index in [4.69, 9.17) is 0 Å². The van der Waals surface area contributed by atoms with Crippen molar-refractivity contribution in [2.45, 2.75) is 13.1 Å². The molecule has 0 radical (unpaired) electrons. The smallest absolute Gasteiger partial charge is 0.275 e. The van der Waals surface area contributed by atoms with Gasteiger partial charge < -0.3 is 0 Å². The Morgan fingerprint density at radius 2 is 1.04 bits per heavy atom. The molecule has 2 aromatic carbocycles. The summed E-state index contributed by atoms with van der Waals surface area (Å²) in [7, 11) is 0. The van der Waals surface area contributed by atoms with Gasteiger partial charge in [0.25, 0.3) is 23.6 Å². The van der Waals surface area contributed by atoms with Crippen molar-refractivity contribution >= 4 is 34.4 Å². The molecule has 6 nitrogen and oxygen atoms in total. The average Bonchev–Trinajstić information content (AvgIpc) is 2.61. The molecule has 2 aromatic rings. The number of rotatable bonds is 2. The zero-order valence-corrected chi connectivity index (χ0v) is 13.9. The maximum Gasteiger partial charge on any atom is 0.406 e. The highest BCUT2D eigenvalue weighted by molar-refractivity contribution is 6.33. The number of hydrogen-bond donors (Lipinski definition) is 0. The van der Waals surface area contributed by atoms with Gasteiger partial charge >= 0.3 is 6.18 Å². The second-order valence-electron chi connectivity index (χ2n) is 6.24. The van der Waals surface area contributed by atoms with Crippen LogP contribution in [0.2, 0.25) is 0 Å². The summed E-state index contributed by atoms with van der Waals surface area (Å²) in [6.07, 6.45) is -4.75. The van der Waals surface area contributed by atoms with E-state index in [1.165, 1.54) is 24.3 Å². The van der Waals surface area contributed by atoms with Crippen LogP contribution in [0, 0.1) is 0 Å². The first-order chi connectivity index (χ1) is 12.7. The molecular formula is C18H11F3N2O4. The van der Waals surface area contributed by atoms with Crippen LogP contribution in [0.4, 0.5) is 13.2 Å². The summed E-state index contributed by atoms with van der Waals surface area (Å²) >= 11 is 0. The molecule has 2 heterocycles. The molecule has 138 valence electrons. The fraction of sp³-hybridized carbons (Fsp3) is 0.222. The fourth-order valence-electron chi connectivity index (χ4n) is 3.58. The van der Waals surface area contributed by atoms with Crippen LogP contribution in [0.25, 0.3) is 10.8 Å². The molecule has 4 rings (SSSR count). The van der Waals surface area contributed by atoms with Crippen molar-refractivity contribution in [2.75, 3.05) is 13.1 Å². The highest BCUT2D eigenvalue weighted by Crippen LogP contribution is 2.38. The van der Waals surface area contributed by atoms with E-state index in [-0.39, 0.29) is 44.5 Å². The lowest BCUT2D eigenvalue weighted by molar-refractivity contribution is -0.136. The van der Waals surface area contributed by atoms with Crippen molar-refractivity contribution in [3.63, 3.8) is 0 Å². The Morgan fingerprint density at radius 1 is 0.704 bits per heavy atom. The van der Waals surface area contributed by atoms with E-state index in [0.717, 1.165) is 4.90 Å². The van der Waals surface area contributed by atoms with Gasteiger partial charge in [-0.1, -0.05) is 0 Å². The van der Waals surface area contributed by atoms with Crippen molar-refractivity contribution in [3.05, 3.63) is 46.5 Å². The summed E-state index contributed by atoms with van der Waals surface area (Å²) in [5, 5.41) is 0.189.